The zero-order valence-corrected chi connectivity index (χ0v) is 18.8. The van der Waals surface area contributed by atoms with E-state index in [4.69, 9.17) is 33.4 Å². The van der Waals surface area contributed by atoms with Crippen LogP contribution < -0.4 is 20.9 Å². The Bertz CT molecular complexity index is 1110. The van der Waals surface area contributed by atoms with Crippen molar-refractivity contribution in [1.82, 2.24) is 20.3 Å². The van der Waals surface area contributed by atoms with Gasteiger partial charge in [-0.25, -0.2) is 15.0 Å². The van der Waals surface area contributed by atoms with Crippen LogP contribution in [-0.4, -0.2) is 54.2 Å². The van der Waals surface area contributed by atoms with E-state index in [1.807, 2.05) is 12.1 Å². The fraction of sp³-hybridized carbons (Fsp3) is 0.273. The van der Waals surface area contributed by atoms with Gasteiger partial charge in [0.2, 0.25) is 0 Å². The summed E-state index contributed by atoms with van der Waals surface area (Å²) in [5, 5.41) is 19.9. The number of aromatic nitrogens is 3. The number of piperazine rings is 1. The molecule has 1 aliphatic rings. The van der Waals surface area contributed by atoms with Crippen molar-refractivity contribution in [2.75, 3.05) is 54.8 Å². The summed E-state index contributed by atoms with van der Waals surface area (Å²) in [5.41, 5.74) is 1.26. The van der Waals surface area contributed by atoms with Gasteiger partial charge in [-0.2, -0.15) is 5.26 Å². The third-order valence-corrected chi connectivity index (χ3v) is 5.50. The summed E-state index contributed by atoms with van der Waals surface area (Å²) >= 11 is 12.5. The van der Waals surface area contributed by atoms with Crippen molar-refractivity contribution < 1.29 is 0 Å². The fourth-order valence-corrected chi connectivity index (χ4v) is 3.81. The number of hydrogen-bond donors (Lipinski definition) is 3. The Morgan fingerprint density at radius 1 is 1.00 bits per heavy atom. The van der Waals surface area contributed by atoms with Crippen LogP contribution in [-0.2, 0) is 0 Å². The zero-order chi connectivity index (χ0) is 22.3. The average molecular weight is 469 g/mol. The van der Waals surface area contributed by atoms with Crippen molar-refractivity contribution in [2.24, 2.45) is 0 Å². The number of anilines is 3. The first kappa shape index (κ1) is 22.1. The molecule has 0 amide bonds. The minimum absolute atomic E-state index is 0.509. The first-order chi connectivity index (χ1) is 15.6. The van der Waals surface area contributed by atoms with Crippen LogP contribution in [0.25, 0.3) is 11.4 Å². The van der Waals surface area contributed by atoms with E-state index in [-0.39, 0.29) is 0 Å². The number of hydrogen-bond acceptors (Lipinski definition) is 8. The molecule has 0 radical (unpaired) electrons. The monoisotopic (exact) mass is 468 g/mol. The Morgan fingerprint density at radius 3 is 2.47 bits per heavy atom. The van der Waals surface area contributed by atoms with E-state index in [2.05, 4.69) is 36.9 Å². The molecule has 1 aromatic carbocycles. The molecule has 32 heavy (non-hydrogen) atoms. The highest BCUT2D eigenvalue weighted by Crippen LogP contribution is 2.30. The molecule has 1 aliphatic heterocycles. The molecule has 0 spiro atoms. The molecule has 4 rings (SSSR count). The van der Waals surface area contributed by atoms with Gasteiger partial charge < -0.3 is 20.9 Å². The predicted molar refractivity (Wildman–Crippen MR) is 129 cm³/mol. The van der Waals surface area contributed by atoms with Crippen molar-refractivity contribution in [2.45, 2.75) is 0 Å². The second kappa shape index (κ2) is 10.5. The second-order valence-electron chi connectivity index (χ2n) is 7.19. The maximum Gasteiger partial charge on any atom is 0.165 e. The van der Waals surface area contributed by atoms with Crippen LogP contribution in [0.15, 0.2) is 42.6 Å². The Labute approximate surface area is 196 Å². The van der Waals surface area contributed by atoms with Gasteiger partial charge >= 0.3 is 0 Å². The topological polar surface area (TPSA) is 102 Å². The molecule has 0 bridgehead atoms. The van der Waals surface area contributed by atoms with Crippen molar-refractivity contribution in [3.8, 4) is 17.5 Å². The highest BCUT2D eigenvalue weighted by molar-refractivity contribution is 6.36. The molecular weight excluding hydrogens is 447 g/mol. The average Bonchev–Trinajstić information content (AvgIpc) is 2.82. The van der Waals surface area contributed by atoms with Gasteiger partial charge in [-0.1, -0.05) is 23.2 Å². The number of nitrogens with zero attached hydrogens (tertiary/aromatic N) is 5. The Balaban J connectivity index is 1.50. The maximum absolute atomic E-state index is 8.87. The van der Waals surface area contributed by atoms with E-state index in [0.29, 0.717) is 46.2 Å². The lowest BCUT2D eigenvalue weighted by molar-refractivity contribution is 0.585. The molecular formula is C22H22Cl2N8. The van der Waals surface area contributed by atoms with Gasteiger partial charge in [0.1, 0.15) is 23.5 Å². The maximum atomic E-state index is 8.87. The number of pyridine rings is 1. The highest BCUT2D eigenvalue weighted by Gasteiger charge is 2.16. The van der Waals surface area contributed by atoms with Crippen LogP contribution in [0.1, 0.15) is 5.56 Å². The van der Waals surface area contributed by atoms with Crippen LogP contribution in [0.4, 0.5) is 17.5 Å². The van der Waals surface area contributed by atoms with E-state index in [0.717, 1.165) is 37.6 Å². The minimum atomic E-state index is 0.509. The minimum Gasteiger partial charge on any atom is -0.368 e. The van der Waals surface area contributed by atoms with Crippen LogP contribution in [0.5, 0.6) is 0 Å². The van der Waals surface area contributed by atoms with Crippen molar-refractivity contribution in [3.05, 3.63) is 58.2 Å². The van der Waals surface area contributed by atoms with Gasteiger partial charge in [-0.05, 0) is 30.3 Å². The molecule has 3 N–H and O–H groups in total. The Morgan fingerprint density at radius 2 is 1.78 bits per heavy atom. The molecule has 164 valence electrons. The molecule has 3 aromatic rings. The molecule has 3 heterocycles. The third kappa shape index (κ3) is 5.56. The standard InChI is InChI=1S/C22H22Cl2N8/c23-16-2-3-17(18(24)11-16)22-30-20(12-21(31-22)32-9-7-26-8-10-32)28-6-5-27-19-4-1-15(13-25)14-29-19/h1-4,11-12,14,26H,5-10H2,(H,27,29)(H,28,30,31). The number of nitriles is 1. The van der Waals surface area contributed by atoms with Gasteiger partial charge in [-0.3, -0.25) is 0 Å². The van der Waals surface area contributed by atoms with Gasteiger partial charge in [0.05, 0.1) is 10.6 Å². The molecule has 0 aliphatic carbocycles. The quantitative estimate of drug-likeness (QED) is 0.451. The van der Waals surface area contributed by atoms with Crippen molar-refractivity contribution in [3.63, 3.8) is 0 Å². The van der Waals surface area contributed by atoms with Crippen LogP contribution >= 0.6 is 23.2 Å². The first-order valence-corrected chi connectivity index (χ1v) is 11.0. The van der Waals surface area contributed by atoms with E-state index in [9.17, 15) is 0 Å². The fourth-order valence-electron chi connectivity index (χ4n) is 3.32. The van der Waals surface area contributed by atoms with Gasteiger partial charge in [-0.15, -0.1) is 0 Å². The lowest BCUT2D eigenvalue weighted by Gasteiger charge is -2.29. The largest absolute Gasteiger partial charge is 0.368 e. The van der Waals surface area contributed by atoms with Crippen molar-refractivity contribution in [1.29, 1.82) is 5.26 Å². The van der Waals surface area contributed by atoms with Gasteiger partial charge in [0.15, 0.2) is 5.82 Å². The first-order valence-electron chi connectivity index (χ1n) is 10.3. The highest BCUT2D eigenvalue weighted by atomic mass is 35.5. The summed E-state index contributed by atoms with van der Waals surface area (Å²) in [4.78, 5) is 15.9. The number of rotatable bonds is 7. The summed E-state index contributed by atoms with van der Waals surface area (Å²) in [5.74, 6) is 2.83. The zero-order valence-electron chi connectivity index (χ0n) is 17.3. The van der Waals surface area contributed by atoms with Crippen LogP contribution in [0.3, 0.4) is 0 Å². The number of benzene rings is 1. The normalized spacial score (nSPS) is 13.5. The van der Waals surface area contributed by atoms with Crippen LogP contribution in [0.2, 0.25) is 10.0 Å². The summed E-state index contributed by atoms with van der Waals surface area (Å²) in [7, 11) is 0. The van der Waals surface area contributed by atoms with Crippen molar-refractivity contribution >= 4 is 40.7 Å². The summed E-state index contributed by atoms with van der Waals surface area (Å²) in [6, 6.07) is 12.8. The number of halogens is 2. The SMILES string of the molecule is N#Cc1ccc(NCCNc2cc(N3CCNCC3)nc(-c3ccc(Cl)cc3Cl)n2)nc1. The molecule has 2 aromatic heterocycles. The Hall–Kier alpha value is -3.12. The molecule has 10 heteroatoms. The lowest BCUT2D eigenvalue weighted by Crippen LogP contribution is -2.44. The lowest BCUT2D eigenvalue weighted by atomic mass is 10.2. The van der Waals surface area contributed by atoms with Gasteiger partial charge in [0.25, 0.3) is 0 Å². The van der Waals surface area contributed by atoms with E-state index in [1.54, 1.807) is 30.5 Å². The second-order valence-corrected chi connectivity index (χ2v) is 8.04. The summed E-state index contributed by atoms with van der Waals surface area (Å²) in [6.45, 7) is 4.80. The summed E-state index contributed by atoms with van der Waals surface area (Å²) in [6.07, 6.45) is 1.54. The van der Waals surface area contributed by atoms with E-state index in [1.165, 1.54) is 0 Å². The van der Waals surface area contributed by atoms with Crippen LogP contribution in [0, 0.1) is 11.3 Å². The number of nitrogens with one attached hydrogen (secondary N) is 3. The molecule has 0 unspecified atom stereocenters. The molecule has 1 saturated heterocycles. The summed E-state index contributed by atoms with van der Waals surface area (Å²) < 4.78 is 0. The van der Waals surface area contributed by atoms with E-state index >= 15 is 0 Å². The predicted octanol–water partition coefficient (Wildman–Crippen LogP) is 3.65. The van der Waals surface area contributed by atoms with E-state index < -0.39 is 0 Å². The van der Waals surface area contributed by atoms with Gasteiger partial charge in [0, 0.05) is 62.1 Å². The molecule has 8 nitrogen and oxygen atoms in total. The molecule has 1 fully saturated rings. The smallest absolute Gasteiger partial charge is 0.165 e. The third-order valence-electron chi connectivity index (χ3n) is 4.96. The molecule has 0 saturated carbocycles. The molecule has 0 atom stereocenters. The Kier molecular flexibility index (Phi) is 7.22.